The molecule has 0 spiro atoms. The molecular weight excluding hydrogens is 287 g/mol. The summed E-state index contributed by atoms with van der Waals surface area (Å²) in [6.07, 6.45) is 0.245. The number of nitrogens with zero attached hydrogens (tertiary/aromatic N) is 2. The zero-order chi connectivity index (χ0) is 13.0. The Bertz CT molecular complexity index is 470. The highest BCUT2D eigenvalue weighted by Crippen LogP contribution is 2.20. The van der Waals surface area contributed by atoms with Crippen LogP contribution < -0.4 is 0 Å². The molecule has 0 N–H and O–H groups in total. The van der Waals surface area contributed by atoms with Crippen molar-refractivity contribution in [3.63, 3.8) is 0 Å². The molecule has 1 aromatic carbocycles. The van der Waals surface area contributed by atoms with Crippen molar-refractivity contribution in [1.29, 1.82) is 5.26 Å². The van der Waals surface area contributed by atoms with Crippen molar-refractivity contribution in [2.75, 3.05) is 7.05 Å². The normalized spacial score (nSPS) is 11.7. The highest BCUT2D eigenvalue weighted by Gasteiger charge is 2.19. The molecule has 0 heterocycles. The van der Waals surface area contributed by atoms with Crippen LogP contribution in [0.5, 0.6) is 0 Å². The van der Waals surface area contributed by atoms with Gasteiger partial charge in [-0.15, -0.1) is 0 Å². The first kappa shape index (κ1) is 13.7. The lowest BCUT2D eigenvalue weighted by Crippen LogP contribution is -2.35. The second-order valence-corrected chi connectivity index (χ2v) is 4.61. The van der Waals surface area contributed by atoms with Crippen LogP contribution in [0.15, 0.2) is 22.7 Å². The molecule has 0 bridgehead atoms. The largest absolute Gasteiger partial charge is 0.338 e. The Kier molecular flexibility index (Phi) is 4.64. The van der Waals surface area contributed by atoms with Crippen LogP contribution in [-0.4, -0.2) is 23.9 Å². The predicted octanol–water partition coefficient (Wildman–Crippen LogP) is 2.96. The summed E-state index contributed by atoms with van der Waals surface area (Å²) >= 11 is 3.21. The lowest BCUT2D eigenvalue weighted by Gasteiger charge is -2.23. The predicted molar refractivity (Wildman–Crippen MR) is 65.9 cm³/mol. The SMILES string of the molecule is CC(CC#N)N(C)C(=O)c1cc(F)ccc1Br. The maximum atomic E-state index is 13.1. The zero-order valence-corrected chi connectivity index (χ0v) is 11.2. The van der Waals surface area contributed by atoms with Gasteiger partial charge in [-0.05, 0) is 41.1 Å². The number of halogens is 2. The number of benzene rings is 1. The van der Waals surface area contributed by atoms with Gasteiger partial charge in [0.25, 0.3) is 5.91 Å². The van der Waals surface area contributed by atoms with E-state index in [0.717, 1.165) is 0 Å². The molecule has 3 nitrogen and oxygen atoms in total. The van der Waals surface area contributed by atoms with Gasteiger partial charge in [0.15, 0.2) is 0 Å². The van der Waals surface area contributed by atoms with E-state index in [1.54, 1.807) is 14.0 Å². The van der Waals surface area contributed by atoms with Gasteiger partial charge in [0.05, 0.1) is 18.1 Å². The molecule has 1 amide bonds. The standard InChI is InChI=1S/C12H12BrFN2O/c1-8(5-6-15)16(2)12(17)10-7-9(14)3-4-11(10)13/h3-4,7-8H,5H2,1-2H3. The molecule has 0 aliphatic heterocycles. The minimum absolute atomic E-state index is 0.206. The van der Waals surface area contributed by atoms with E-state index in [9.17, 15) is 9.18 Å². The fraction of sp³-hybridized carbons (Fsp3) is 0.333. The summed E-state index contributed by atoms with van der Waals surface area (Å²) in [5.74, 6) is -0.767. The number of nitriles is 1. The van der Waals surface area contributed by atoms with E-state index in [-0.39, 0.29) is 23.9 Å². The number of rotatable bonds is 3. The van der Waals surface area contributed by atoms with Crippen molar-refractivity contribution in [3.05, 3.63) is 34.1 Å². The van der Waals surface area contributed by atoms with Crippen LogP contribution in [0.2, 0.25) is 0 Å². The van der Waals surface area contributed by atoms with Gasteiger partial charge in [-0.1, -0.05) is 0 Å². The first-order valence-corrected chi connectivity index (χ1v) is 5.85. The van der Waals surface area contributed by atoms with Crippen LogP contribution in [0, 0.1) is 17.1 Å². The molecule has 0 aromatic heterocycles. The van der Waals surface area contributed by atoms with Gasteiger partial charge in [-0.3, -0.25) is 4.79 Å². The molecule has 0 saturated carbocycles. The smallest absolute Gasteiger partial charge is 0.255 e. The van der Waals surface area contributed by atoms with E-state index < -0.39 is 5.82 Å². The number of carbonyl (C=O) groups excluding carboxylic acids is 1. The van der Waals surface area contributed by atoms with E-state index in [1.165, 1.54) is 23.1 Å². The Balaban J connectivity index is 2.96. The maximum Gasteiger partial charge on any atom is 0.255 e. The zero-order valence-electron chi connectivity index (χ0n) is 9.58. The topological polar surface area (TPSA) is 44.1 Å². The van der Waals surface area contributed by atoms with Gasteiger partial charge >= 0.3 is 0 Å². The van der Waals surface area contributed by atoms with Crippen LogP contribution in [0.25, 0.3) is 0 Å². The third kappa shape index (κ3) is 3.27. The number of hydrogen-bond acceptors (Lipinski definition) is 2. The average molecular weight is 299 g/mol. The molecule has 5 heteroatoms. The van der Waals surface area contributed by atoms with Crippen LogP contribution in [0.1, 0.15) is 23.7 Å². The molecule has 0 radical (unpaired) electrons. The Morgan fingerprint density at radius 3 is 2.88 bits per heavy atom. The van der Waals surface area contributed by atoms with Crippen molar-refractivity contribution in [2.45, 2.75) is 19.4 Å². The lowest BCUT2D eigenvalue weighted by molar-refractivity contribution is 0.0745. The van der Waals surface area contributed by atoms with E-state index >= 15 is 0 Å². The van der Waals surface area contributed by atoms with Crippen LogP contribution in [-0.2, 0) is 0 Å². The van der Waals surface area contributed by atoms with Gasteiger partial charge < -0.3 is 4.90 Å². The van der Waals surface area contributed by atoms with Crippen molar-refractivity contribution in [1.82, 2.24) is 4.90 Å². The number of hydrogen-bond donors (Lipinski definition) is 0. The Hall–Kier alpha value is -1.41. The third-order valence-electron chi connectivity index (χ3n) is 2.53. The highest BCUT2D eigenvalue weighted by molar-refractivity contribution is 9.10. The molecule has 1 aromatic rings. The molecule has 0 fully saturated rings. The number of carbonyl (C=O) groups is 1. The fourth-order valence-corrected chi connectivity index (χ4v) is 1.74. The molecular formula is C12H12BrFN2O. The molecule has 0 saturated heterocycles. The molecule has 1 atom stereocenters. The van der Waals surface area contributed by atoms with Gasteiger partial charge in [-0.2, -0.15) is 5.26 Å². The molecule has 1 rings (SSSR count). The highest BCUT2D eigenvalue weighted by atomic mass is 79.9. The summed E-state index contributed by atoms with van der Waals surface area (Å²) < 4.78 is 13.6. The lowest BCUT2D eigenvalue weighted by atomic mass is 10.1. The van der Waals surface area contributed by atoms with Gasteiger partial charge in [0.1, 0.15) is 5.82 Å². The van der Waals surface area contributed by atoms with Crippen molar-refractivity contribution in [3.8, 4) is 6.07 Å². The maximum absolute atomic E-state index is 13.1. The van der Waals surface area contributed by atoms with Gasteiger partial charge in [0, 0.05) is 17.6 Å². The van der Waals surface area contributed by atoms with Gasteiger partial charge in [0.2, 0.25) is 0 Å². The van der Waals surface area contributed by atoms with Gasteiger partial charge in [-0.25, -0.2) is 4.39 Å². The fourth-order valence-electron chi connectivity index (χ4n) is 1.32. The van der Waals surface area contributed by atoms with E-state index in [0.29, 0.717) is 4.47 Å². The Morgan fingerprint density at radius 1 is 1.65 bits per heavy atom. The molecule has 0 aliphatic rings. The quantitative estimate of drug-likeness (QED) is 0.861. The molecule has 0 aliphatic carbocycles. The molecule has 17 heavy (non-hydrogen) atoms. The summed E-state index contributed by atoms with van der Waals surface area (Å²) in [4.78, 5) is 13.5. The first-order valence-electron chi connectivity index (χ1n) is 5.06. The summed E-state index contributed by atoms with van der Waals surface area (Å²) in [5.41, 5.74) is 0.261. The van der Waals surface area contributed by atoms with Crippen molar-refractivity contribution in [2.24, 2.45) is 0 Å². The summed E-state index contributed by atoms with van der Waals surface area (Å²) in [7, 11) is 1.60. The second kappa shape index (κ2) is 5.78. The number of amides is 1. The van der Waals surface area contributed by atoms with Crippen LogP contribution in [0.3, 0.4) is 0 Å². The summed E-state index contributed by atoms with van der Waals surface area (Å²) in [6.45, 7) is 1.77. The average Bonchev–Trinajstić information content (AvgIpc) is 2.30. The monoisotopic (exact) mass is 298 g/mol. The summed E-state index contributed by atoms with van der Waals surface area (Å²) in [6, 6.07) is 5.75. The van der Waals surface area contributed by atoms with Crippen LogP contribution in [0.4, 0.5) is 4.39 Å². The Morgan fingerprint density at radius 2 is 2.29 bits per heavy atom. The second-order valence-electron chi connectivity index (χ2n) is 3.75. The minimum atomic E-state index is -0.460. The van der Waals surface area contributed by atoms with E-state index in [2.05, 4.69) is 15.9 Å². The molecule has 1 unspecified atom stereocenters. The van der Waals surface area contributed by atoms with Crippen LogP contribution >= 0.6 is 15.9 Å². The van der Waals surface area contributed by atoms with Crippen molar-refractivity contribution >= 4 is 21.8 Å². The van der Waals surface area contributed by atoms with Crippen molar-refractivity contribution < 1.29 is 9.18 Å². The van der Waals surface area contributed by atoms with E-state index in [1.807, 2.05) is 6.07 Å². The third-order valence-corrected chi connectivity index (χ3v) is 3.22. The summed E-state index contributed by atoms with van der Waals surface area (Å²) in [5, 5.41) is 8.58. The molecule has 90 valence electrons. The Labute approximate surface area is 108 Å². The first-order chi connectivity index (χ1) is 7.97. The minimum Gasteiger partial charge on any atom is -0.338 e. The van der Waals surface area contributed by atoms with E-state index in [4.69, 9.17) is 5.26 Å².